The summed E-state index contributed by atoms with van der Waals surface area (Å²) in [5.41, 5.74) is 2.56. The van der Waals surface area contributed by atoms with Crippen molar-refractivity contribution in [2.75, 3.05) is 43.6 Å². The predicted molar refractivity (Wildman–Crippen MR) is 73.2 cm³/mol. The van der Waals surface area contributed by atoms with E-state index in [1.165, 1.54) is 25.7 Å². The molecule has 0 aromatic carbocycles. The van der Waals surface area contributed by atoms with E-state index in [2.05, 4.69) is 25.2 Å². The number of hydrazine groups is 1. The first-order chi connectivity index (χ1) is 9.33. The molecule has 3 rings (SSSR count). The summed E-state index contributed by atoms with van der Waals surface area (Å²) < 4.78 is 5.41. The number of methoxy groups -OCH3 is 1. The van der Waals surface area contributed by atoms with Gasteiger partial charge in [-0.15, -0.1) is 0 Å². The minimum atomic E-state index is 0.529. The summed E-state index contributed by atoms with van der Waals surface area (Å²) in [6, 6.07) is 0.641. The molecule has 3 N–H and O–H groups in total. The zero-order valence-corrected chi connectivity index (χ0v) is 11.2. The molecule has 0 bridgehead atoms. The molecule has 2 saturated heterocycles. The van der Waals surface area contributed by atoms with Crippen LogP contribution in [0.3, 0.4) is 0 Å². The lowest BCUT2D eigenvalue weighted by molar-refractivity contribution is 0.229. The van der Waals surface area contributed by atoms with Gasteiger partial charge in [-0.1, -0.05) is 0 Å². The van der Waals surface area contributed by atoms with E-state index in [1.807, 2.05) is 0 Å². The summed E-state index contributed by atoms with van der Waals surface area (Å²) >= 11 is 0. The maximum absolute atomic E-state index is 5.46. The maximum atomic E-state index is 5.46. The molecular weight excluding hydrogens is 244 g/mol. The lowest BCUT2D eigenvalue weighted by Crippen LogP contribution is -2.50. The largest absolute Gasteiger partial charge is 0.490 e. The Kier molecular flexibility index (Phi) is 3.39. The van der Waals surface area contributed by atoms with Crippen LogP contribution in [0.4, 0.5) is 11.6 Å². The summed E-state index contributed by atoms with van der Waals surface area (Å²) in [7, 11) is 1.62. The van der Waals surface area contributed by atoms with Crippen LogP contribution in [-0.4, -0.2) is 54.2 Å². The third-order valence-electron chi connectivity index (χ3n) is 4.01. The SMILES string of the molecule is COc1c(NN)ncnc1N1CCN2CCCC2C1. The second-order valence-corrected chi connectivity index (χ2v) is 5.00. The van der Waals surface area contributed by atoms with Crippen molar-refractivity contribution < 1.29 is 4.74 Å². The Morgan fingerprint density at radius 3 is 3.05 bits per heavy atom. The first-order valence-electron chi connectivity index (χ1n) is 6.68. The number of hydrogen-bond acceptors (Lipinski definition) is 7. The van der Waals surface area contributed by atoms with Gasteiger partial charge in [0.15, 0.2) is 11.6 Å². The van der Waals surface area contributed by atoms with Gasteiger partial charge in [0.1, 0.15) is 6.33 Å². The van der Waals surface area contributed by atoms with Gasteiger partial charge in [-0.25, -0.2) is 15.8 Å². The predicted octanol–water partition coefficient (Wildman–Crippen LogP) is 0.0552. The molecule has 7 heteroatoms. The Balaban J connectivity index is 1.85. The fraction of sp³-hybridized carbons (Fsp3) is 0.667. The van der Waals surface area contributed by atoms with Gasteiger partial charge in [0, 0.05) is 25.7 Å². The molecule has 1 atom stereocenters. The van der Waals surface area contributed by atoms with Gasteiger partial charge in [-0.05, 0) is 19.4 Å². The van der Waals surface area contributed by atoms with E-state index in [9.17, 15) is 0 Å². The molecule has 1 aromatic rings. The number of nitrogens with two attached hydrogens (primary N) is 1. The van der Waals surface area contributed by atoms with Gasteiger partial charge in [0.25, 0.3) is 0 Å². The molecule has 7 nitrogen and oxygen atoms in total. The van der Waals surface area contributed by atoms with E-state index < -0.39 is 0 Å². The number of aromatic nitrogens is 2. The van der Waals surface area contributed by atoms with Crippen molar-refractivity contribution in [3.05, 3.63) is 6.33 Å². The molecule has 0 aliphatic carbocycles. The summed E-state index contributed by atoms with van der Waals surface area (Å²) in [5, 5.41) is 0. The van der Waals surface area contributed by atoms with Crippen molar-refractivity contribution in [2.24, 2.45) is 5.84 Å². The fourth-order valence-corrected chi connectivity index (χ4v) is 3.06. The molecule has 19 heavy (non-hydrogen) atoms. The average molecular weight is 264 g/mol. The Labute approximate surface area is 112 Å². The second kappa shape index (κ2) is 5.18. The van der Waals surface area contributed by atoms with Gasteiger partial charge in [0.2, 0.25) is 5.75 Å². The third kappa shape index (κ3) is 2.19. The Morgan fingerprint density at radius 1 is 1.37 bits per heavy atom. The van der Waals surface area contributed by atoms with Gasteiger partial charge < -0.3 is 15.1 Å². The summed E-state index contributed by atoms with van der Waals surface area (Å²) in [6.45, 7) is 4.28. The van der Waals surface area contributed by atoms with E-state index in [-0.39, 0.29) is 0 Å². The van der Waals surface area contributed by atoms with Gasteiger partial charge in [-0.2, -0.15) is 0 Å². The monoisotopic (exact) mass is 264 g/mol. The van der Waals surface area contributed by atoms with Crippen LogP contribution >= 0.6 is 0 Å². The van der Waals surface area contributed by atoms with Crippen molar-refractivity contribution in [3.8, 4) is 5.75 Å². The summed E-state index contributed by atoms with van der Waals surface area (Å²) in [4.78, 5) is 13.3. The molecule has 3 heterocycles. The van der Waals surface area contributed by atoms with Crippen LogP contribution in [0.2, 0.25) is 0 Å². The zero-order valence-electron chi connectivity index (χ0n) is 11.2. The van der Waals surface area contributed by atoms with Gasteiger partial charge in [0.05, 0.1) is 7.11 Å². The number of piperazine rings is 1. The number of ether oxygens (including phenoxy) is 1. The van der Waals surface area contributed by atoms with Crippen LogP contribution in [0.25, 0.3) is 0 Å². The highest BCUT2D eigenvalue weighted by molar-refractivity contribution is 5.64. The first kappa shape index (κ1) is 12.4. The van der Waals surface area contributed by atoms with Crippen LogP contribution in [-0.2, 0) is 0 Å². The maximum Gasteiger partial charge on any atom is 0.205 e. The van der Waals surface area contributed by atoms with Crippen molar-refractivity contribution in [2.45, 2.75) is 18.9 Å². The van der Waals surface area contributed by atoms with Crippen LogP contribution in [0.1, 0.15) is 12.8 Å². The number of fused-ring (bicyclic) bond motifs is 1. The minimum absolute atomic E-state index is 0.529. The molecule has 2 aliphatic rings. The van der Waals surface area contributed by atoms with Gasteiger partial charge >= 0.3 is 0 Å². The summed E-state index contributed by atoms with van der Waals surface area (Å²) in [6.07, 6.45) is 4.09. The van der Waals surface area contributed by atoms with Crippen molar-refractivity contribution in [3.63, 3.8) is 0 Å². The van der Waals surface area contributed by atoms with Crippen LogP contribution in [0.15, 0.2) is 6.33 Å². The number of nitrogens with zero attached hydrogens (tertiary/aromatic N) is 4. The van der Waals surface area contributed by atoms with E-state index in [0.29, 0.717) is 17.6 Å². The number of rotatable bonds is 3. The van der Waals surface area contributed by atoms with Crippen molar-refractivity contribution >= 4 is 11.6 Å². The molecule has 0 spiro atoms. The average Bonchev–Trinajstić information content (AvgIpc) is 2.93. The van der Waals surface area contributed by atoms with Crippen LogP contribution in [0.5, 0.6) is 5.75 Å². The van der Waals surface area contributed by atoms with Crippen molar-refractivity contribution in [1.82, 2.24) is 14.9 Å². The number of hydrogen-bond donors (Lipinski definition) is 2. The standard InChI is InChI=1S/C12H20N6O/c1-19-10-11(16-13)14-8-15-12(10)18-6-5-17-4-2-3-9(17)7-18/h8-9H,2-7,13H2,1H3,(H,14,15,16). The normalized spacial score (nSPS) is 23.3. The Morgan fingerprint density at radius 2 is 2.26 bits per heavy atom. The molecule has 1 unspecified atom stereocenters. The fourth-order valence-electron chi connectivity index (χ4n) is 3.06. The number of anilines is 2. The smallest absolute Gasteiger partial charge is 0.205 e. The minimum Gasteiger partial charge on any atom is -0.490 e. The summed E-state index contributed by atoms with van der Waals surface area (Å²) in [5.74, 6) is 7.44. The zero-order chi connectivity index (χ0) is 13.2. The quantitative estimate of drug-likeness (QED) is 0.590. The molecule has 0 amide bonds. The highest BCUT2D eigenvalue weighted by Gasteiger charge is 2.32. The Bertz CT molecular complexity index is 454. The van der Waals surface area contributed by atoms with E-state index >= 15 is 0 Å². The van der Waals surface area contributed by atoms with Gasteiger partial charge in [-0.3, -0.25) is 4.90 Å². The lowest BCUT2D eigenvalue weighted by atomic mass is 10.1. The highest BCUT2D eigenvalue weighted by Crippen LogP contribution is 2.33. The first-order valence-corrected chi connectivity index (χ1v) is 6.68. The highest BCUT2D eigenvalue weighted by atomic mass is 16.5. The molecule has 104 valence electrons. The molecule has 0 radical (unpaired) electrons. The molecule has 0 saturated carbocycles. The van der Waals surface area contributed by atoms with E-state index in [0.717, 1.165) is 25.5 Å². The second-order valence-electron chi connectivity index (χ2n) is 5.00. The van der Waals surface area contributed by atoms with Crippen LogP contribution in [0, 0.1) is 0 Å². The topological polar surface area (TPSA) is 79.5 Å². The number of nitrogen functional groups attached to an aromatic ring is 1. The van der Waals surface area contributed by atoms with Crippen LogP contribution < -0.4 is 20.9 Å². The third-order valence-corrected chi connectivity index (χ3v) is 4.01. The van der Waals surface area contributed by atoms with E-state index in [4.69, 9.17) is 10.6 Å². The molecule has 1 aromatic heterocycles. The molecule has 2 aliphatic heterocycles. The molecular formula is C12H20N6O. The Hall–Kier alpha value is -1.60. The van der Waals surface area contributed by atoms with Crippen molar-refractivity contribution in [1.29, 1.82) is 0 Å². The molecule has 2 fully saturated rings. The lowest BCUT2D eigenvalue weighted by Gasteiger charge is -2.38. The number of nitrogens with one attached hydrogen (secondary N) is 1. The van der Waals surface area contributed by atoms with E-state index in [1.54, 1.807) is 7.11 Å².